The molecular formula is C16H20N2O2. The number of nitrogens with zero attached hydrogens (tertiary/aromatic N) is 1. The second kappa shape index (κ2) is 6.91. The molecule has 4 heteroatoms. The van der Waals surface area contributed by atoms with Crippen molar-refractivity contribution >= 4 is 5.91 Å². The maximum absolute atomic E-state index is 11.9. The Kier molecular flexibility index (Phi) is 4.96. The molecule has 0 radical (unpaired) electrons. The van der Waals surface area contributed by atoms with Crippen molar-refractivity contribution < 1.29 is 9.21 Å². The Morgan fingerprint density at radius 2 is 2.00 bits per heavy atom. The molecule has 2 rings (SSSR count). The summed E-state index contributed by atoms with van der Waals surface area (Å²) in [7, 11) is 4.05. The van der Waals surface area contributed by atoms with Gasteiger partial charge in [0, 0.05) is 12.6 Å². The quantitative estimate of drug-likeness (QED) is 0.876. The van der Waals surface area contributed by atoms with Crippen molar-refractivity contribution in [2.45, 2.75) is 12.5 Å². The summed E-state index contributed by atoms with van der Waals surface area (Å²) < 4.78 is 4.91. The fourth-order valence-corrected chi connectivity index (χ4v) is 2.03. The number of amides is 1. The van der Waals surface area contributed by atoms with Crippen LogP contribution in [-0.4, -0.2) is 37.5 Å². The van der Waals surface area contributed by atoms with E-state index in [-0.39, 0.29) is 11.9 Å². The van der Waals surface area contributed by atoms with Crippen LogP contribution in [0.3, 0.4) is 0 Å². The number of furan rings is 1. The van der Waals surface area contributed by atoms with Crippen LogP contribution in [-0.2, 0) is 6.42 Å². The highest BCUT2D eigenvalue weighted by molar-refractivity contribution is 5.93. The van der Waals surface area contributed by atoms with Gasteiger partial charge in [-0.05, 0) is 32.1 Å². The summed E-state index contributed by atoms with van der Waals surface area (Å²) in [6.07, 6.45) is 3.86. The summed E-state index contributed by atoms with van der Waals surface area (Å²) >= 11 is 0. The molecule has 0 saturated carbocycles. The molecule has 0 fully saturated rings. The first-order valence-electron chi connectivity index (χ1n) is 6.67. The van der Waals surface area contributed by atoms with Crippen LogP contribution >= 0.6 is 0 Å². The van der Waals surface area contributed by atoms with Crippen LogP contribution in [0.25, 0.3) is 0 Å². The number of benzene rings is 1. The predicted octanol–water partition coefficient (Wildman–Crippen LogP) is 2.18. The average Bonchev–Trinajstić information content (AvgIpc) is 2.98. The molecule has 106 valence electrons. The van der Waals surface area contributed by atoms with E-state index in [0.717, 1.165) is 6.42 Å². The maximum Gasteiger partial charge on any atom is 0.254 e. The van der Waals surface area contributed by atoms with Crippen molar-refractivity contribution in [3.05, 3.63) is 60.1 Å². The zero-order chi connectivity index (χ0) is 14.4. The van der Waals surface area contributed by atoms with E-state index in [9.17, 15) is 4.79 Å². The van der Waals surface area contributed by atoms with Crippen LogP contribution in [0.4, 0.5) is 0 Å². The molecule has 0 aliphatic carbocycles. The van der Waals surface area contributed by atoms with Crippen molar-refractivity contribution in [3.63, 3.8) is 0 Å². The highest BCUT2D eigenvalue weighted by Gasteiger charge is 2.14. The molecule has 20 heavy (non-hydrogen) atoms. The second-order valence-electron chi connectivity index (χ2n) is 5.03. The molecule has 0 aliphatic heterocycles. The van der Waals surface area contributed by atoms with Gasteiger partial charge < -0.3 is 14.6 Å². The minimum absolute atomic E-state index is 0.0985. The van der Waals surface area contributed by atoms with Crippen LogP contribution in [0.15, 0.2) is 53.3 Å². The fraction of sp³-hybridized carbons (Fsp3) is 0.312. The Morgan fingerprint density at radius 1 is 1.25 bits per heavy atom. The lowest BCUT2D eigenvalue weighted by Crippen LogP contribution is -2.41. The third kappa shape index (κ3) is 3.96. The number of carbonyl (C=O) groups is 1. The standard InChI is InChI=1S/C16H20N2O2/c1-18(2)15(10-13-6-4-3-5-7-13)11-17-16(19)14-8-9-20-12-14/h3-9,12,15H,10-11H2,1-2H3,(H,17,19). The molecule has 0 bridgehead atoms. The molecule has 1 amide bonds. The third-order valence-corrected chi connectivity index (χ3v) is 3.33. The largest absolute Gasteiger partial charge is 0.472 e. The molecule has 1 N–H and O–H groups in total. The topological polar surface area (TPSA) is 45.5 Å². The first-order valence-corrected chi connectivity index (χ1v) is 6.67. The van der Waals surface area contributed by atoms with E-state index in [1.807, 2.05) is 32.3 Å². The number of rotatable bonds is 6. The lowest BCUT2D eigenvalue weighted by molar-refractivity contribution is 0.0941. The van der Waals surface area contributed by atoms with E-state index in [1.54, 1.807) is 6.07 Å². The van der Waals surface area contributed by atoms with Crippen molar-refractivity contribution in [1.82, 2.24) is 10.2 Å². The molecule has 4 nitrogen and oxygen atoms in total. The summed E-state index contributed by atoms with van der Waals surface area (Å²) in [4.78, 5) is 14.0. The summed E-state index contributed by atoms with van der Waals surface area (Å²) in [5.74, 6) is -0.0985. The van der Waals surface area contributed by atoms with Crippen LogP contribution in [0, 0.1) is 0 Å². The SMILES string of the molecule is CN(C)C(CNC(=O)c1ccoc1)Cc1ccccc1. The zero-order valence-corrected chi connectivity index (χ0v) is 11.9. The molecule has 0 saturated heterocycles. The number of hydrogen-bond donors (Lipinski definition) is 1. The lowest BCUT2D eigenvalue weighted by atomic mass is 10.1. The third-order valence-electron chi connectivity index (χ3n) is 3.33. The van der Waals surface area contributed by atoms with Gasteiger partial charge in [-0.2, -0.15) is 0 Å². The van der Waals surface area contributed by atoms with Crippen molar-refractivity contribution in [2.24, 2.45) is 0 Å². The average molecular weight is 272 g/mol. The Hall–Kier alpha value is -2.07. The molecule has 1 unspecified atom stereocenters. The number of nitrogens with one attached hydrogen (secondary N) is 1. The first-order chi connectivity index (χ1) is 9.66. The normalized spacial score (nSPS) is 12.3. The van der Waals surface area contributed by atoms with Crippen LogP contribution < -0.4 is 5.32 Å². The Morgan fingerprint density at radius 3 is 2.60 bits per heavy atom. The molecule has 1 aromatic carbocycles. The lowest BCUT2D eigenvalue weighted by Gasteiger charge is -2.24. The van der Waals surface area contributed by atoms with E-state index in [0.29, 0.717) is 12.1 Å². The zero-order valence-electron chi connectivity index (χ0n) is 11.9. The highest BCUT2D eigenvalue weighted by atomic mass is 16.3. The van der Waals surface area contributed by atoms with Crippen LogP contribution in [0.2, 0.25) is 0 Å². The molecule has 0 aliphatic rings. The minimum atomic E-state index is -0.0985. The number of likely N-dealkylation sites (N-methyl/N-ethyl adjacent to an activating group) is 1. The van der Waals surface area contributed by atoms with Gasteiger partial charge in [0.25, 0.3) is 5.91 Å². The molecule has 1 aromatic heterocycles. The van der Waals surface area contributed by atoms with Gasteiger partial charge >= 0.3 is 0 Å². The van der Waals surface area contributed by atoms with Crippen molar-refractivity contribution in [2.75, 3.05) is 20.6 Å². The Labute approximate surface area is 119 Å². The van der Waals surface area contributed by atoms with Gasteiger partial charge in [0.15, 0.2) is 0 Å². The van der Waals surface area contributed by atoms with Crippen LogP contribution in [0.5, 0.6) is 0 Å². The van der Waals surface area contributed by atoms with Crippen LogP contribution in [0.1, 0.15) is 15.9 Å². The van der Waals surface area contributed by atoms with Crippen molar-refractivity contribution in [1.29, 1.82) is 0 Å². The van der Waals surface area contributed by atoms with E-state index >= 15 is 0 Å². The van der Waals surface area contributed by atoms with Gasteiger partial charge in [-0.3, -0.25) is 4.79 Å². The monoisotopic (exact) mass is 272 g/mol. The summed E-state index contributed by atoms with van der Waals surface area (Å²) in [5, 5.41) is 2.95. The van der Waals surface area contributed by atoms with E-state index < -0.39 is 0 Å². The van der Waals surface area contributed by atoms with Gasteiger partial charge in [0.05, 0.1) is 11.8 Å². The second-order valence-corrected chi connectivity index (χ2v) is 5.03. The summed E-state index contributed by atoms with van der Waals surface area (Å²) in [6, 6.07) is 12.2. The Balaban J connectivity index is 1.91. The molecule has 1 heterocycles. The smallest absolute Gasteiger partial charge is 0.254 e. The minimum Gasteiger partial charge on any atom is -0.472 e. The van der Waals surface area contributed by atoms with Gasteiger partial charge in [0.2, 0.25) is 0 Å². The van der Waals surface area contributed by atoms with E-state index in [4.69, 9.17) is 4.42 Å². The van der Waals surface area contributed by atoms with Gasteiger partial charge in [-0.1, -0.05) is 30.3 Å². The Bertz CT molecular complexity index is 521. The van der Waals surface area contributed by atoms with Gasteiger partial charge in [-0.15, -0.1) is 0 Å². The number of hydrogen-bond acceptors (Lipinski definition) is 3. The number of carbonyl (C=O) groups excluding carboxylic acids is 1. The summed E-state index contributed by atoms with van der Waals surface area (Å²) in [6.45, 7) is 0.603. The van der Waals surface area contributed by atoms with E-state index in [2.05, 4.69) is 22.3 Å². The fourth-order valence-electron chi connectivity index (χ4n) is 2.03. The van der Waals surface area contributed by atoms with E-state index in [1.165, 1.54) is 18.1 Å². The molecular weight excluding hydrogens is 252 g/mol. The molecule has 2 aromatic rings. The van der Waals surface area contributed by atoms with Gasteiger partial charge in [0.1, 0.15) is 6.26 Å². The molecule has 0 spiro atoms. The highest BCUT2D eigenvalue weighted by Crippen LogP contribution is 2.07. The van der Waals surface area contributed by atoms with Gasteiger partial charge in [-0.25, -0.2) is 0 Å². The predicted molar refractivity (Wildman–Crippen MR) is 78.7 cm³/mol. The molecule has 1 atom stereocenters. The first kappa shape index (κ1) is 14.3. The summed E-state index contributed by atoms with van der Waals surface area (Å²) in [5.41, 5.74) is 1.82. The van der Waals surface area contributed by atoms with Crippen molar-refractivity contribution in [3.8, 4) is 0 Å². The maximum atomic E-state index is 11.9.